The first kappa shape index (κ1) is 14.0. The topological polar surface area (TPSA) is 38.8 Å². The van der Waals surface area contributed by atoms with Gasteiger partial charge in [0.1, 0.15) is 0 Å². The highest BCUT2D eigenvalue weighted by atomic mass is 16.7. The van der Waals surface area contributed by atoms with Gasteiger partial charge in [-0.1, -0.05) is 17.7 Å². The van der Waals surface area contributed by atoms with Crippen LogP contribution in [-0.4, -0.2) is 43.9 Å². The van der Waals surface area contributed by atoms with Crippen molar-refractivity contribution in [2.24, 2.45) is 0 Å². The molecule has 1 aromatic rings. The minimum absolute atomic E-state index is 0.0841. The van der Waals surface area contributed by atoms with E-state index in [1.807, 2.05) is 36.1 Å². The molecule has 0 aliphatic carbocycles. The molecule has 4 nitrogen and oxygen atoms in total. The molecule has 2 rings (SSSR count). The molecular formula is C15H21NO3. The van der Waals surface area contributed by atoms with Crippen LogP contribution in [0.4, 0.5) is 0 Å². The highest BCUT2D eigenvalue weighted by Crippen LogP contribution is 2.27. The monoisotopic (exact) mass is 263 g/mol. The number of hydrogen-bond acceptors (Lipinski definition) is 3. The molecule has 0 radical (unpaired) electrons. The van der Waals surface area contributed by atoms with E-state index in [9.17, 15) is 4.79 Å². The number of rotatable bonds is 3. The van der Waals surface area contributed by atoms with E-state index in [-0.39, 0.29) is 5.91 Å². The van der Waals surface area contributed by atoms with Crippen molar-refractivity contribution in [1.29, 1.82) is 0 Å². The molecule has 0 aromatic heterocycles. The zero-order chi connectivity index (χ0) is 13.9. The minimum Gasteiger partial charge on any atom is -0.353 e. The summed E-state index contributed by atoms with van der Waals surface area (Å²) < 4.78 is 10.8. The average Bonchev–Trinajstić information content (AvgIpc) is 2.47. The fraction of sp³-hybridized carbons (Fsp3) is 0.533. The van der Waals surface area contributed by atoms with Gasteiger partial charge < -0.3 is 14.4 Å². The first-order valence-corrected chi connectivity index (χ1v) is 6.56. The zero-order valence-corrected chi connectivity index (χ0v) is 11.8. The Kier molecular flexibility index (Phi) is 4.22. The van der Waals surface area contributed by atoms with Crippen molar-refractivity contribution in [2.45, 2.75) is 25.6 Å². The molecule has 0 bridgehead atoms. The van der Waals surface area contributed by atoms with E-state index in [1.165, 1.54) is 0 Å². The van der Waals surface area contributed by atoms with Crippen molar-refractivity contribution in [3.63, 3.8) is 0 Å². The summed E-state index contributed by atoms with van der Waals surface area (Å²) >= 11 is 0. The molecule has 4 heteroatoms. The van der Waals surface area contributed by atoms with Gasteiger partial charge in [-0.05, 0) is 19.1 Å². The number of likely N-dealkylation sites (tertiary alicyclic amines) is 1. The van der Waals surface area contributed by atoms with Gasteiger partial charge in [-0.15, -0.1) is 0 Å². The van der Waals surface area contributed by atoms with E-state index in [0.29, 0.717) is 25.9 Å². The summed E-state index contributed by atoms with van der Waals surface area (Å²) in [5, 5.41) is 0. The Hall–Kier alpha value is -1.39. The second-order valence-corrected chi connectivity index (χ2v) is 4.98. The second kappa shape index (κ2) is 5.72. The van der Waals surface area contributed by atoms with Crippen molar-refractivity contribution in [1.82, 2.24) is 4.90 Å². The highest BCUT2D eigenvalue weighted by Gasteiger charge is 2.36. The summed E-state index contributed by atoms with van der Waals surface area (Å²) in [5.74, 6) is -0.440. The third kappa shape index (κ3) is 2.96. The number of benzene rings is 1. The molecule has 1 aliphatic heterocycles. The van der Waals surface area contributed by atoms with Gasteiger partial charge in [-0.3, -0.25) is 4.79 Å². The molecule has 104 valence electrons. The number of hydrogen-bond donors (Lipinski definition) is 0. The summed E-state index contributed by atoms with van der Waals surface area (Å²) in [7, 11) is 3.31. The predicted octanol–water partition coefficient (Wildman–Crippen LogP) is 2.22. The fourth-order valence-corrected chi connectivity index (χ4v) is 2.42. The molecule has 0 atom stereocenters. The normalized spacial score (nSPS) is 18.4. The summed E-state index contributed by atoms with van der Waals surface area (Å²) in [6.07, 6.45) is 1.41. The molecule has 0 spiro atoms. The predicted molar refractivity (Wildman–Crippen MR) is 73.1 cm³/mol. The number of nitrogens with zero attached hydrogens (tertiary/aromatic N) is 1. The molecule has 0 saturated carbocycles. The van der Waals surface area contributed by atoms with Gasteiger partial charge in [0, 0.05) is 45.7 Å². The molecule has 0 N–H and O–H groups in total. The van der Waals surface area contributed by atoms with Crippen molar-refractivity contribution >= 4 is 5.91 Å². The van der Waals surface area contributed by atoms with Gasteiger partial charge in [-0.2, -0.15) is 0 Å². The van der Waals surface area contributed by atoms with Gasteiger partial charge in [0.2, 0.25) is 0 Å². The molecular weight excluding hydrogens is 242 g/mol. The maximum absolute atomic E-state index is 12.3. The van der Waals surface area contributed by atoms with E-state index < -0.39 is 5.79 Å². The number of carbonyl (C=O) groups excluding carboxylic acids is 1. The van der Waals surface area contributed by atoms with Crippen LogP contribution in [0.15, 0.2) is 24.3 Å². The molecule has 0 unspecified atom stereocenters. The van der Waals surface area contributed by atoms with Gasteiger partial charge >= 0.3 is 0 Å². The number of ether oxygens (including phenoxy) is 2. The molecule has 19 heavy (non-hydrogen) atoms. The highest BCUT2D eigenvalue weighted by molar-refractivity contribution is 5.94. The van der Waals surface area contributed by atoms with Crippen LogP contribution < -0.4 is 0 Å². The lowest BCUT2D eigenvalue weighted by Crippen LogP contribution is -2.48. The Morgan fingerprint density at radius 2 is 1.63 bits per heavy atom. The summed E-state index contributed by atoms with van der Waals surface area (Å²) in [5.41, 5.74) is 1.90. The van der Waals surface area contributed by atoms with Crippen LogP contribution in [0.2, 0.25) is 0 Å². The van der Waals surface area contributed by atoms with Crippen molar-refractivity contribution in [2.75, 3.05) is 27.3 Å². The Morgan fingerprint density at radius 3 is 2.11 bits per heavy atom. The quantitative estimate of drug-likeness (QED) is 0.785. The van der Waals surface area contributed by atoms with Crippen LogP contribution >= 0.6 is 0 Å². The lowest BCUT2D eigenvalue weighted by molar-refractivity contribution is -0.226. The molecule has 1 fully saturated rings. The molecule has 1 heterocycles. The van der Waals surface area contributed by atoms with Crippen LogP contribution in [0.5, 0.6) is 0 Å². The van der Waals surface area contributed by atoms with E-state index in [1.54, 1.807) is 14.2 Å². The first-order valence-electron chi connectivity index (χ1n) is 6.56. The maximum Gasteiger partial charge on any atom is 0.253 e. The van der Waals surface area contributed by atoms with E-state index in [0.717, 1.165) is 11.1 Å². The SMILES string of the molecule is COC1(OC)CCN(C(=O)c2ccc(C)cc2)CC1. The first-order chi connectivity index (χ1) is 9.10. The van der Waals surface area contributed by atoms with E-state index in [4.69, 9.17) is 9.47 Å². The number of piperidine rings is 1. The summed E-state index contributed by atoms with van der Waals surface area (Å²) in [4.78, 5) is 14.2. The fourth-order valence-electron chi connectivity index (χ4n) is 2.42. The van der Waals surface area contributed by atoms with Crippen molar-refractivity contribution in [3.05, 3.63) is 35.4 Å². The average molecular weight is 263 g/mol. The molecule has 1 amide bonds. The number of carbonyl (C=O) groups is 1. The van der Waals surface area contributed by atoms with Gasteiger partial charge in [0.15, 0.2) is 5.79 Å². The standard InChI is InChI=1S/C15H21NO3/c1-12-4-6-13(7-5-12)14(17)16-10-8-15(18-2,19-3)9-11-16/h4-7H,8-11H2,1-3H3. The molecule has 1 aromatic carbocycles. The molecule has 1 aliphatic rings. The smallest absolute Gasteiger partial charge is 0.253 e. The van der Waals surface area contributed by atoms with E-state index in [2.05, 4.69) is 0 Å². The maximum atomic E-state index is 12.3. The van der Waals surface area contributed by atoms with Gasteiger partial charge in [0.25, 0.3) is 5.91 Å². The minimum atomic E-state index is -0.524. The van der Waals surface area contributed by atoms with Crippen LogP contribution in [0.25, 0.3) is 0 Å². The Morgan fingerprint density at radius 1 is 1.11 bits per heavy atom. The van der Waals surface area contributed by atoms with E-state index >= 15 is 0 Å². The Balaban J connectivity index is 2.01. The van der Waals surface area contributed by atoms with Crippen LogP contribution in [0, 0.1) is 6.92 Å². The number of amides is 1. The van der Waals surface area contributed by atoms with Crippen molar-refractivity contribution in [3.8, 4) is 0 Å². The zero-order valence-electron chi connectivity index (χ0n) is 11.8. The van der Waals surface area contributed by atoms with Gasteiger partial charge in [-0.25, -0.2) is 0 Å². The largest absolute Gasteiger partial charge is 0.353 e. The third-order valence-corrected chi connectivity index (χ3v) is 3.85. The number of aryl methyl sites for hydroxylation is 1. The Bertz CT molecular complexity index is 427. The lowest BCUT2D eigenvalue weighted by atomic mass is 10.0. The summed E-state index contributed by atoms with van der Waals surface area (Å²) in [6.45, 7) is 3.34. The Labute approximate surface area is 114 Å². The number of methoxy groups -OCH3 is 2. The van der Waals surface area contributed by atoms with Crippen LogP contribution in [0.1, 0.15) is 28.8 Å². The second-order valence-electron chi connectivity index (χ2n) is 4.98. The third-order valence-electron chi connectivity index (χ3n) is 3.85. The van der Waals surface area contributed by atoms with Gasteiger partial charge in [0.05, 0.1) is 0 Å². The summed E-state index contributed by atoms with van der Waals surface area (Å²) in [6, 6.07) is 7.69. The molecule has 1 saturated heterocycles. The lowest BCUT2D eigenvalue weighted by Gasteiger charge is -2.39. The van der Waals surface area contributed by atoms with Crippen LogP contribution in [0.3, 0.4) is 0 Å². The van der Waals surface area contributed by atoms with Crippen molar-refractivity contribution < 1.29 is 14.3 Å². The van der Waals surface area contributed by atoms with Crippen LogP contribution in [-0.2, 0) is 9.47 Å².